The van der Waals surface area contributed by atoms with Crippen LogP contribution in [0.3, 0.4) is 0 Å². The van der Waals surface area contributed by atoms with Gasteiger partial charge in [-0.1, -0.05) is 32.9 Å². The molecule has 4 aromatic rings. The summed E-state index contributed by atoms with van der Waals surface area (Å²) in [6.07, 6.45) is -4.91. The predicted octanol–water partition coefficient (Wildman–Crippen LogP) is 6.45. The van der Waals surface area contributed by atoms with E-state index in [9.17, 15) is 22.0 Å². The van der Waals surface area contributed by atoms with Crippen molar-refractivity contribution in [1.82, 2.24) is 20.2 Å². The van der Waals surface area contributed by atoms with E-state index >= 15 is 0 Å². The first-order valence-corrected chi connectivity index (χ1v) is 10.4. The molecule has 2 N–H and O–H groups in total. The third-order valence-corrected chi connectivity index (χ3v) is 4.66. The molecular weight excluding hydrogens is 473 g/mol. The van der Waals surface area contributed by atoms with E-state index < -0.39 is 23.7 Å². The van der Waals surface area contributed by atoms with Gasteiger partial charge in [0, 0.05) is 18.2 Å². The molecule has 0 bridgehead atoms. The van der Waals surface area contributed by atoms with Crippen LogP contribution < -0.4 is 14.8 Å². The Morgan fingerprint density at radius 2 is 1.71 bits per heavy atom. The zero-order chi connectivity index (χ0) is 25.4. The van der Waals surface area contributed by atoms with Gasteiger partial charge in [0.1, 0.15) is 17.4 Å². The number of alkyl halides is 3. The van der Waals surface area contributed by atoms with E-state index in [4.69, 9.17) is 4.74 Å². The molecule has 35 heavy (non-hydrogen) atoms. The maximum atomic E-state index is 14.1. The van der Waals surface area contributed by atoms with Gasteiger partial charge in [-0.25, -0.2) is 8.78 Å². The summed E-state index contributed by atoms with van der Waals surface area (Å²) in [5.41, 5.74) is 0.0947. The Kier molecular flexibility index (Phi) is 6.22. The zero-order valence-electron chi connectivity index (χ0n) is 18.8. The molecule has 0 amide bonds. The fourth-order valence-electron chi connectivity index (χ4n) is 3.17. The average Bonchev–Trinajstić information content (AvgIpc) is 3.17. The number of nitrogens with one attached hydrogen (secondary N) is 2. The lowest BCUT2D eigenvalue weighted by Gasteiger charge is -2.20. The number of aromatic amines is 1. The molecule has 0 atom stereocenters. The van der Waals surface area contributed by atoms with E-state index in [1.54, 1.807) is 6.07 Å². The molecule has 2 aromatic heterocycles. The lowest BCUT2D eigenvalue weighted by molar-refractivity contribution is -0.274. The van der Waals surface area contributed by atoms with Gasteiger partial charge in [-0.15, -0.1) is 13.2 Å². The van der Waals surface area contributed by atoms with Crippen LogP contribution in [-0.2, 0) is 0 Å². The molecule has 0 aliphatic carbocycles. The molecule has 0 radical (unpaired) electrons. The first kappa shape index (κ1) is 24.2. The van der Waals surface area contributed by atoms with Crippen molar-refractivity contribution in [3.63, 3.8) is 0 Å². The number of H-pyrrole nitrogens is 1. The maximum Gasteiger partial charge on any atom is 0.573 e. The molecule has 0 spiro atoms. The highest BCUT2D eigenvalue weighted by atomic mass is 19.4. The molecular formula is C23H20F5N5O2. The van der Waals surface area contributed by atoms with E-state index in [0.717, 1.165) is 12.1 Å². The Hall–Kier alpha value is -3.96. The number of benzene rings is 2. The second-order valence-electron chi connectivity index (χ2n) is 8.79. The van der Waals surface area contributed by atoms with Gasteiger partial charge in [0.15, 0.2) is 17.2 Å². The van der Waals surface area contributed by atoms with E-state index in [-0.39, 0.29) is 45.3 Å². The van der Waals surface area contributed by atoms with Gasteiger partial charge in [0.2, 0.25) is 0 Å². The lowest BCUT2D eigenvalue weighted by atomic mass is 9.97. The van der Waals surface area contributed by atoms with E-state index in [2.05, 4.69) is 30.2 Å². The first-order chi connectivity index (χ1) is 16.4. The van der Waals surface area contributed by atoms with E-state index in [0.29, 0.717) is 12.6 Å². The van der Waals surface area contributed by atoms with E-state index in [1.807, 2.05) is 20.8 Å². The Bertz CT molecular complexity index is 1360. The van der Waals surface area contributed by atoms with Crippen LogP contribution in [0.2, 0.25) is 0 Å². The Morgan fingerprint density at radius 3 is 2.40 bits per heavy atom. The summed E-state index contributed by atoms with van der Waals surface area (Å²) in [6.45, 7) is 6.31. The van der Waals surface area contributed by atoms with Crippen LogP contribution in [-0.4, -0.2) is 33.1 Å². The van der Waals surface area contributed by atoms with Crippen LogP contribution in [0.15, 0.2) is 42.5 Å². The minimum Gasteiger partial charge on any atom is -0.421 e. The highest BCUT2D eigenvalue weighted by Crippen LogP contribution is 2.39. The lowest BCUT2D eigenvalue weighted by Crippen LogP contribution is -2.20. The van der Waals surface area contributed by atoms with Gasteiger partial charge < -0.3 is 14.8 Å². The number of anilines is 1. The highest BCUT2D eigenvalue weighted by molar-refractivity contribution is 6.00. The minimum absolute atomic E-state index is 0.0470. The summed E-state index contributed by atoms with van der Waals surface area (Å²) in [5, 5.41) is 10.2. The van der Waals surface area contributed by atoms with Gasteiger partial charge in [-0.3, -0.25) is 5.10 Å². The van der Waals surface area contributed by atoms with Gasteiger partial charge >= 0.3 is 12.4 Å². The largest absolute Gasteiger partial charge is 0.573 e. The summed E-state index contributed by atoms with van der Waals surface area (Å²) in [6, 6.07) is 8.01. The van der Waals surface area contributed by atoms with Crippen molar-refractivity contribution in [2.75, 3.05) is 11.9 Å². The number of para-hydroxylation sites is 1. The van der Waals surface area contributed by atoms with Gasteiger partial charge in [0.05, 0.1) is 11.1 Å². The Morgan fingerprint density at radius 1 is 0.971 bits per heavy atom. The number of rotatable bonds is 6. The summed E-state index contributed by atoms with van der Waals surface area (Å²) >= 11 is 0. The van der Waals surface area contributed by atoms with Gasteiger partial charge in [0.25, 0.3) is 0 Å². The number of hydrogen-bond donors (Lipinski definition) is 2. The van der Waals surface area contributed by atoms with Crippen LogP contribution in [0.5, 0.6) is 17.5 Å². The molecule has 184 valence electrons. The molecule has 2 heterocycles. The molecule has 0 saturated heterocycles. The number of hydrogen-bond acceptors (Lipinski definition) is 6. The van der Waals surface area contributed by atoms with E-state index in [1.165, 1.54) is 18.2 Å². The van der Waals surface area contributed by atoms with Crippen LogP contribution in [0.4, 0.5) is 27.8 Å². The Balaban J connectivity index is 1.83. The second-order valence-corrected chi connectivity index (χ2v) is 8.79. The first-order valence-electron chi connectivity index (χ1n) is 10.4. The van der Waals surface area contributed by atoms with Crippen LogP contribution in [0, 0.1) is 17.0 Å². The van der Waals surface area contributed by atoms with Crippen LogP contribution in [0.25, 0.3) is 22.3 Å². The molecule has 4 rings (SSSR count). The van der Waals surface area contributed by atoms with Crippen molar-refractivity contribution in [3.8, 4) is 28.8 Å². The molecule has 12 heteroatoms. The molecule has 2 aromatic carbocycles. The SMILES string of the molecule is CC(C)(C)CNc1nc(Oc2ccc(F)cc2F)nc2n[nH]c(-c3ccccc3OC(F)(F)F)c12. The van der Waals surface area contributed by atoms with Crippen molar-refractivity contribution in [2.24, 2.45) is 5.41 Å². The smallest absolute Gasteiger partial charge is 0.421 e. The third kappa shape index (κ3) is 5.76. The topological polar surface area (TPSA) is 85.0 Å². The minimum atomic E-state index is -4.91. The fraction of sp³-hybridized carbons (Fsp3) is 0.261. The standard InChI is InChI=1S/C23H20F5N5O2/c1-22(2,3)11-29-19-17-18(13-6-4-5-7-15(13)35-23(26,27)28)32-33-20(17)31-21(30-19)34-16-9-8-12(24)10-14(16)25/h4-10H,11H2,1-3H3,(H2,29,30,31,32,33). The van der Waals surface area contributed by atoms with Crippen molar-refractivity contribution < 1.29 is 31.4 Å². The summed E-state index contributed by atoms with van der Waals surface area (Å²) in [4.78, 5) is 8.45. The molecule has 7 nitrogen and oxygen atoms in total. The summed E-state index contributed by atoms with van der Waals surface area (Å²) in [5.74, 6) is -2.31. The second kappa shape index (κ2) is 9.01. The quantitative estimate of drug-likeness (QED) is 0.301. The van der Waals surface area contributed by atoms with Crippen molar-refractivity contribution in [3.05, 3.63) is 54.1 Å². The molecule has 0 saturated carbocycles. The molecule has 0 aliphatic heterocycles. The van der Waals surface area contributed by atoms with Crippen molar-refractivity contribution >= 4 is 16.9 Å². The number of aromatic nitrogens is 4. The average molecular weight is 493 g/mol. The predicted molar refractivity (Wildman–Crippen MR) is 118 cm³/mol. The van der Waals surface area contributed by atoms with Crippen molar-refractivity contribution in [1.29, 1.82) is 0 Å². The highest BCUT2D eigenvalue weighted by Gasteiger charge is 2.33. The van der Waals surface area contributed by atoms with Gasteiger partial charge in [-0.2, -0.15) is 15.1 Å². The number of halogens is 5. The molecule has 0 fully saturated rings. The number of fused-ring (bicyclic) bond motifs is 1. The van der Waals surface area contributed by atoms with Gasteiger partial charge in [-0.05, 0) is 29.7 Å². The monoisotopic (exact) mass is 493 g/mol. The third-order valence-electron chi connectivity index (χ3n) is 4.66. The van der Waals surface area contributed by atoms with Crippen LogP contribution >= 0.6 is 0 Å². The maximum absolute atomic E-state index is 14.1. The van der Waals surface area contributed by atoms with Crippen LogP contribution in [0.1, 0.15) is 20.8 Å². The normalized spacial score (nSPS) is 12.1. The number of nitrogens with zero attached hydrogens (tertiary/aromatic N) is 3. The summed E-state index contributed by atoms with van der Waals surface area (Å²) < 4.78 is 75.8. The Labute approximate surface area is 196 Å². The van der Waals surface area contributed by atoms with Crippen molar-refractivity contribution in [2.45, 2.75) is 27.1 Å². The number of ether oxygens (including phenoxy) is 2. The summed E-state index contributed by atoms with van der Waals surface area (Å²) in [7, 11) is 0. The molecule has 0 unspecified atom stereocenters. The fourth-order valence-corrected chi connectivity index (χ4v) is 3.17. The molecule has 0 aliphatic rings. The zero-order valence-corrected chi connectivity index (χ0v) is 18.8.